The normalized spacial score (nSPS) is 15.9. The van der Waals surface area contributed by atoms with Gasteiger partial charge in [0.1, 0.15) is 0 Å². The maximum Gasteiger partial charge on any atom is 0.188 e. The van der Waals surface area contributed by atoms with Crippen molar-refractivity contribution in [3.8, 4) is 22.5 Å². The molecule has 3 aromatic rings. The molecule has 0 unspecified atom stereocenters. The van der Waals surface area contributed by atoms with E-state index >= 15 is 0 Å². The van der Waals surface area contributed by atoms with Crippen molar-refractivity contribution in [2.75, 3.05) is 26.2 Å². The second-order valence-corrected chi connectivity index (χ2v) is 9.31. The highest BCUT2D eigenvalue weighted by atomic mass is 15.3. The number of rotatable bonds is 4. The lowest BCUT2D eigenvalue weighted by atomic mass is 9.97. The molecule has 2 aliphatic rings. The molecule has 36 heavy (non-hydrogen) atoms. The topological polar surface area (TPSA) is 124 Å². The first-order valence-electron chi connectivity index (χ1n) is 12.2. The van der Waals surface area contributed by atoms with Gasteiger partial charge in [0.25, 0.3) is 0 Å². The molecule has 0 fully saturated rings. The van der Waals surface area contributed by atoms with Gasteiger partial charge < -0.3 is 21.3 Å². The van der Waals surface area contributed by atoms with Crippen molar-refractivity contribution in [3.63, 3.8) is 0 Å². The van der Waals surface area contributed by atoms with Crippen LogP contribution >= 0.6 is 0 Å². The van der Waals surface area contributed by atoms with Crippen LogP contribution in [0, 0.1) is 10.8 Å². The van der Waals surface area contributed by atoms with E-state index in [0.717, 1.165) is 48.4 Å². The molecule has 0 radical (unpaired) electrons. The van der Waals surface area contributed by atoms with Crippen molar-refractivity contribution < 1.29 is 0 Å². The van der Waals surface area contributed by atoms with E-state index in [4.69, 9.17) is 27.4 Å². The van der Waals surface area contributed by atoms with Gasteiger partial charge in [-0.1, -0.05) is 60.7 Å². The van der Waals surface area contributed by atoms with Gasteiger partial charge in [-0.3, -0.25) is 15.5 Å². The van der Waals surface area contributed by atoms with Gasteiger partial charge in [-0.05, 0) is 46.7 Å². The van der Waals surface area contributed by atoms with E-state index in [0.29, 0.717) is 13.1 Å². The first-order chi connectivity index (χ1) is 17.4. The average molecular weight is 481 g/mol. The number of benzene rings is 2. The Morgan fingerprint density at radius 3 is 1.58 bits per heavy atom. The Balaban J connectivity index is 1.30. The Labute approximate surface area is 211 Å². The third-order valence-corrected chi connectivity index (χ3v) is 7.08. The summed E-state index contributed by atoms with van der Waals surface area (Å²) >= 11 is 0. The second kappa shape index (κ2) is 9.73. The quantitative estimate of drug-likeness (QED) is 0.335. The summed E-state index contributed by atoms with van der Waals surface area (Å²) in [5.74, 6) is 0.266. The number of nitrogens with zero attached hydrogens (tertiary/aromatic N) is 4. The summed E-state index contributed by atoms with van der Waals surface area (Å²) in [5, 5.41) is 20.0. The van der Waals surface area contributed by atoms with Crippen LogP contribution in [0.1, 0.15) is 24.0 Å². The molecular formula is C28H32N8. The van der Waals surface area contributed by atoms with Gasteiger partial charge in [-0.2, -0.15) is 5.10 Å². The molecule has 8 heteroatoms. The summed E-state index contributed by atoms with van der Waals surface area (Å²) in [6, 6.07) is 19.3. The van der Waals surface area contributed by atoms with Gasteiger partial charge in [0, 0.05) is 38.8 Å². The summed E-state index contributed by atoms with van der Waals surface area (Å²) in [6.07, 6.45) is 6.09. The molecule has 0 amide bonds. The van der Waals surface area contributed by atoms with Crippen molar-refractivity contribution in [3.05, 3.63) is 77.9 Å². The Kier molecular flexibility index (Phi) is 6.33. The predicted octanol–water partition coefficient (Wildman–Crippen LogP) is 3.72. The third-order valence-electron chi connectivity index (χ3n) is 7.08. The first kappa shape index (κ1) is 23.4. The van der Waals surface area contributed by atoms with Gasteiger partial charge in [-0.25, -0.2) is 0 Å². The van der Waals surface area contributed by atoms with Crippen LogP contribution in [0.25, 0.3) is 33.7 Å². The van der Waals surface area contributed by atoms with Crippen LogP contribution in [0.3, 0.4) is 0 Å². The lowest BCUT2D eigenvalue weighted by Gasteiger charge is -2.26. The van der Waals surface area contributed by atoms with E-state index in [2.05, 4.69) is 66.7 Å². The van der Waals surface area contributed by atoms with Crippen LogP contribution < -0.4 is 11.5 Å². The molecule has 0 atom stereocenters. The molecule has 1 aromatic heterocycles. The van der Waals surface area contributed by atoms with Gasteiger partial charge in [0.05, 0.1) is 11.4 Å². The average Bonchev–Trinajstić information content (AvgIpc) is 3.30. The van der Waals surface area contributed by atoms with Gasteiger partial charge in [0.15, 0.2) is 11.9 Å². The number of hydrogen-bond donors (Lipinski definition) is 4. The lowest BCUT2D eigenvalue weighted by Crippen LogP contribution is -2.39. The molecule has 184 valence electrons. The Morgan fingerprint density at radius 1 is 0.722 bits per heavy atom. The van der Waals surface area contributed by atoms with Crippen molar-refractivity contribution in [2.24, 2.45) is 18.5 Å². The highest BCUT2D eigenvalue weighted by molar-refractivity contribution is 5.79. The van der Waals surface area contributed by atoms with E-state index < -0.39 is 0 Å². The summed E-state index contributed by atoms with van der Waals surface area (Å²) < 4.78 is 1.93. The monoisotopic (exact) mass is 480 g/mol. The molecule has 3 heterocycles. The van der Waals surface area contributed by atoms with Crippen molar-refractivity contribution in [1.82, 2.24) is 19.6 Å². The molecule has 6 N–H and O–H groups in total. The molecule has 2 aromatic carbocycles. The molecule has 8 nitrogen and oxygen atoms in total. The smallest absolute Gasteiger partial charge is 0.188 e. The number of aromatic nitrogens is 2. The van der Waals surface area contributed by atoms with Crippen LogP contribution in [0.2, 0.25) is 0 Å². The fourth-order valence-corrected chi connectivity index (χ4v) is 4.89. The van der Waals surface area contributed by atoms with Gasteiger partial charge in [-0.15, -0.1) is 0 Å². The largest absolute Gasteiger partial charge is 0.370 e. The molecule has 0 saturated carbocycles. The summed E-state index contributed by atoms with van der Waals surface area (Å²) in [5.41, 5.74) is 20.4. The number of hydrogen-bond acceptors (Lipinski definition) is 3. The highest BCUT2D eigenvalue weighted by Gasteiger charge is 2.16. The van der Waals surface area contributed by atoms with Crippen LogP contribution in [0.4, 0.5) is 0 Å². The Morgan fingerprint density at radius 2 is 1.17 bits per heavy atom. The van der Waals surface area contributed by atoms with Crippen molar-refractivity contribution in [2.45, 2.75) is 12.8 Å². The highest BCUT2D eigenvalue weighted by Crippen LogP contribution is 2.30. The van der Waals surface area contributed by atoms with Crippen LogP contribution in [0.15, 0.2) is 66.7 Å². The Bertz CT molecular complexity index is 1350. The van der Waals surface area contributed by atoms with Crippen molar-refractivity contribution >= 4 is 23.1 Å². The zero-order valence-electron chi connectivity index (χ0n) is 20.5. The van der Waals surface area contributed by atoms with Gasteiger partial charge >= 0.3 is 0 Å². The lowest BCUT2D eigenvalue weighted by molar-refractivity contribution is 0.451. The zero-order chi connectivity index (χ0) is 25.2. The summed E-state index contributed by atoms with van der Waals surface area (Å²) in [7, 11) is 1.98. The molecule has 0 spiro atoms. The minimum Gasteiger partial charge on any atom is -0.370 e. The molecule has 0 bridgehead atoms. The molecule has 5 rings (SSSR count). The summed E-state index contributed by atoms with van der Waals surface area (Å²) in [6.45, 7) is 2.92. The maximum atomic E-state index is 7.60. The minimum atomic E-state index is 0.133. The van der Waals surface area contributed by atoms with E-state index in [1.54, 1.807) is 0 Å². The fourth-order valence-electron chi connectivity index (χ4n) is 4.89. The number of nitrogens with one attached hydrogen (secondary N) is 2. The predicted molar refractivity (Wildman–Crippen MR) is 146 cm³/mol. The summed E-state index contributed by atoms with van der Waals surface area (Å²) in [4.78, 5) is 3.74. The third kappa shape index (κ3) is 4.75. The van der Waals surface area contributed by atoms with E-state index in [9.17, 15) is 0 Å². The van der Waals surface area contributed by atoms with E-state index in [1.165, 1.54) is 22.3 Å². The fraction of sp³-hybridized carbons (Fsp3) is 0.250. The minimum absolute atomic E-state index is 0.133. The van der Waals surface area contributed by atoms with Crippen LogP contribution in [-0.4, -0.2) is 57.7 Å². The standard InChI is InChI=1S/C28H32N8/c1-34-26(24-8-4-20(5-9-24)22-12-16-36(17-13-22)28(31)32)18-25(33-34)23-6-2-19(3-7-23)21-10-14-35(15-11-21)27(29)30/h2-10,12,18H,11,13-17H2,1H3,(H3,29,30)(H3,31,32). The number of nitrogens with two attached hydrogens (primary N) is 2. The van der Waals surface area contributed by atoms with Gasteiger partial charge in [0.2, 0.25) is 0 Å². The molecule has 0 saturated heterocycles. The molecular weight excluding hydrogens is 448 g/mol. The van der Waals surface area contributed by atoms with Crippen LogP contribution in [-0.2, 0) is 7.05 Å². The SMILES string of the molecule is Cn1nc(-c2ccc(C3=CCN(C(=N)N)CC3)cc2)cc1-c1ccc(C2=CCN(C(=N)N)CC2)cc1. The van der Waals surface area contributed by atoms with E-state index in [1.807, 2.05) is 21.5 Å². The van der Waals surface area contributed by atoms with Crippen molar-refractivity contribution in [1.29, 1.82) is 10.8 Å². The second-order valence-electron chi connectivity index (χ2n) is 9.31. The molecule has 0 aliphatic carbocycles. The molecule has 2 aliphatic heterocycles. The first-order valence-corrected chi connectivity index (χ1v) is 12.2. The number of aryl methyl sites for hydroxylation is 1. The maximum absolute atomic E-state index is 7.60. The van der Waals surface area contributed by atoms with E-state index in [-0.39, 0.29) is 11.9 Å². The number of guanidine groups is 2. The Hall–Kier alpha value is -4.33. The zero-order valence-corrected chi connectivity index (χ0v) is 20.5. The van der Waals surface area contributed by atoms with Crippen LogP contribution in [0.5, 0.6) is 0 Å².